The average molecular weight is 252 g/mol. The molecule has 0 saturated carbocycles. The third-order valence-corrected chi connectivity index (χ3v) is 0. The molecule has 0 aliphatic rings. The fourth-order valence-corrected chi connectivity index (χ4v) is 0. The molecule has 3 nitrogen and oxygen atoms in total. The fraction of sp³-hybridized carbons (Fsp3) is 0. The normalized spacial score (nSPS) is 0. The molecule has 0 aromatic carbocycles. The number of hydrogen-bond donors (Lipinski definition) is 0. The van der Waals surface area contributed by atoms with E-state index in [0.717, 1.165) is 0 Å². The molecule has 0 aliphatic carbocycles. The van der Waals surface area contributed by atoms with Crippen molar-refractivity contribution in [1.29, 1.82) is 0 Å². The summed E-state index contributed by atoms with van der Waals surface area (Å²) in [4.78, 5) is 0. The monoisotopic (exact) mass is 252 g/mol. The molecule has 0 aromatic heterocycles. The Morgan fingerprint density at radius 2 is 0.600 bits per heavy atom. The zero-order valence-electron chi connectivity index (χ0n) is 2.67. The SMILES string of the molecule is [Na+].[O-2].[O-2].[O-2].[Ta+5]. The summed E-state index contributed by atoms with van der Waals surface area (Å²) in [5.74, 6) is 0. The Balaban J connectivity index is 0. The minimum atomic E-state index is 0. The molecule has 0 heterocycles. The van der Waals surface area contributed by atoms with E-state index >= 15 is 0 Å². The molecule has 0 rings (SSSR count). The maximum atomic E-state index is 0. The minimum absolute atomic E-state index is 0. The summed E-state index contributed by atoms with van der Waals surface area (Å²) in [7, 11) is 0. The fourth-order valence-electron chi connectivity index (χ4n) is 0. The van der Waals surface area contributed by atoms with Gasteiger partial charge in [-0.05, 0) is 0 Å². The topological polar surface area (TPSA) is 85.5 Å². The molecule has 0 spiro atoms. The van der Waals surface area contributed by atoms with Crippen LogP contribution >= 0.6 is 0 Å². The molecule has 0 bridgehead atoms. The summed E-state index contributed by atoms with van der Waals surface area (Å²) < 4.78 is 0. The van der Waals surface area contributed by atoms with E-state index in [9.17, 15) is 0 Å². The van der Waals surface area contributed by atoms with E-state index in [0.29, 0.717) is 0 Å². The van der Waals surface area contributed by atoms with Crippen molar-refractivity contribution in [3.8, 4) is 0 Å². The van der Waals surface area contributed by atoms with Gasteiger partial charge < -0.3 is 16.4 Å². The van der Waals surface area contributed by atoms with E-state index in [4.69, 9.17) is 0 Å². The first-order valence-corrected chi connectivity index (χ1v) is 0. The van der Waals surface area contributed by atoms with E-state index in [1.54, 1.807) is 0 Å². The molecular formula is NaO3Ta. The Hall–Kier alpha value is 1.62. The van der Waals surface area contributed by atoms with E-state index < -0.39 is 0 Å². The van der Waals surface area contributed by atoms with Crippen LogP contribution in [0.3, 0.4) is 0 Å². The largest absolute Gasteiger partial charge is 5.00 e. The Labute approximate surface area is 67.9 Å². The predicted octanol–water partition coefficient (Wildman–Crippen LogP) is -3.35. The first kappa shape index (κ1) is 79.7. The van der Waals surface area contributed by atoms with E-state index in [-0.39, 0.29) is 68.4 Å². The molecule has 0 aromatic rings. The van der Waals surface area contributed by atoms with Crippen molar-refractivity contribution in [2.75, 3.05) is 0 Å². The van der Waals surface area contributed by atoms with Gasteiger partial charge in [0.1, 0.15) is 0 Å². The van der Waals surface area contributed by atoms with E-state index in [1.807, 2.05) is 0 Å². The molecule has 0 amide bonds. The van der Waals surface area contributed by atoms with Gasteiger partial charge in [-0.25, -0.2) is 0 Å². The van der Waals surface area contributed by atoms with Crippen molar-refractivity contribution in [3.63, 3.8) is 0 Å². The smallest absolute Gasteiger partial charge is 2.00 e. The summed E-state index contributed by atoms with van der Waals surface area (Å²) in [6.07, 6.45) is 0. The Kier molecular flexibility index (Phi) is 728. The van der Waals surface area contributed by atoms with Crippen molar-refractivity contribution in [2.24, 2.45) is 0 Å². The van der Waals surface area contributed by atoms with Gasteiger partial charge in [0.2, 0.25) is 0 Å². The summed E-state index contributed by atoms with van der Waals surface area (Å²) in [5.41, 5.74) is 0. The maximum absolute atomic E-state index is 0. The van der Waals surface area contributed by atoms with Crippen LogP contribution in [0.15, 0.2) is 0 Å². The van der Waals surface area contributed by atoms with Crippen LogP contribution in [0.2, 0.25) is 0 Å². The molecule has 0 saturated heterocycles. The summed E-state index contributed by atoms with van der Waals surface area (Å²) >= 11 is 0. The van der Waals surface area contributed by atoms with Crippen LogP contribution in [-0.4, -0.2) is 0 Å². The summed E-state index contributed by atoms with van der Waals surface area (Å²) in [5, 5.41) is 0. The minimum Gasteiger partial charge on any atom is -2.00 e. The molecule has 0 atom stereocenters. The molecule has 24 valence electrons. The van der Waals surface area contributed by atoms with Gasteiger partial charge in [-0.15, -0.1) is 0 Å². The molecule has 5 heteroatoms. The van der Waals surface area contributed by atoms with Crippen LogP contribution in [-0.2, 0) is 38.8 Å². The predicted molar refractivity (Wildman–Crippen MR) is 2.06 cm³/mol. The van der Waals surface area contributed by atoms with E-state index in [2.05, 4.69) is 0 Å². The van der Waals surface area contributed by atoms with Gasteiger partial charge in [-0.3, -0.25) is 0 Å². The third kappa shape index (κ3) is 28.1. The van der Waals surface area contributed by atoms with E-state index in [1.165, 1.54) is 0 Å². The van der Waals surface area contributed by atoms with Crippen LogP contribution in [0.4, 0.5) is 0 Å². The number of hydrogen-bond acceptors (Lipinski definition) is 0. The standard InChI is InChI=1S/Na.3O.Ta/q+1;3*-2;+5. The van der Waals surface area contributed by atoms with Gasteiger partial charge in [0, 0.05) is 0 Å². The first-order chi connectivity index (χ1) is 0. The molecule has 0 radical (unpaired) electrons. The van der Waals surface area contributed by atoms with Gasteiger partial charge in [0.15, 0.2) is 0 Å². The van der Waals surface area contributed by atoms with Gasteiger partial charge >= 0.3 is 51.9 Å². The second-order valence-electron chi connectivity index (χ2n) is 0. The Morgan fingerprint density at radius 1 is 0.600 bits per heavy atom. The van der Waals surface area contributed by atoms with Crippen molar-refractivity contribution in [1.82, 2.24) is 0 Å². The Morgan fingerprint density at radius 3 is 0.600 bits per heavy atom. The van der Waals surface area contributed by atoms with Crippen LogP contribution < -0.4 is 29.6 Å². The zero-order valence-corrected chi connectivity index (χ0v) is 7.89. The van der Waals surface area contributed by atoms with Gasteiger partial charge in [0.25, 0.3) is 0 Å². The van der Waals surface area contributed by atoms with Gasteiger partial charge in [0.05, 0.1) is 0 Å². The van der Waals surface area contributed by atoms with Crippen LogP contribution in [0.25, 0.3) is 0 Å². The van der Waals surface area contributed by atoms with Crippen molar-refractivity contribution in [2.45, 2.75) is 0 Å². The second-order valence-corrected chi connectivity index (χ2v) is 0. The van der Waals surface area contributed by atoms with Crippen molar-refractivity contribution < 1.29 is 68.4 Å². The van der Waals surface area contributed by atoms with Crippen molar-refractivity contribution >= 4 is 0 Å². The van der Waals surface area contributed by atoms with Crippen molar-refractivity contribution in [3.05, 3.63) is 0 Å². The number of rotatable bonds is 0. The third-order valence-electron chi connectivity index (χ3n) is 0. The summed E-state index contributed by atoms with van der Waals surface area (Å²) in [6.45, 7) is 0. The van der Waals surface area contributed by atoms with Crippen LogP contribution in [0.1, 0.15) is 0 Å². The molecule has 0 N–H and O–H groups in total. The van der Waals surface area contributed by atoms with Gasteiger partial charge in [-0.1, -0.05) is 0 Å². The van der Waals surface area contributed by atoms with Crippen LogP contribution in [0.5, 0.6) is 0 Å². The average Bonchev–Trinajstić information content (AvgIpc) is 0. The first-order valence-electron chi connectivity index (χ1n) is 0. The molecule has 0 fully saturated rings. The second kappa shape index (κ2) is 45.7. The quantitative estimate of drug-likeness (QED) is 0.403. The molecule has 0 aliphatic heterocycles. The molecule has 5 heavy (non-hydrogen) atoms. The van der Waals surface area contributed by atoms with Crippen LogP contribution in [0, 0.1) is 0 Å². The Bertz CT molecular complexity index is 6.85. The maximum Gasteiger partial charge on any atom is 5.00 e. The van der Waals surface area contributed by atoms with Gasteiger partial charge in [-0.2, -0.15) is 0 Å². The molecular weight excluding hydrogens is 252 g/mol. The molecule has 0 unspecified atom stereocenters. The summed E-state index contributed by atoms with van der Waals surface area (Å²) in [6, 6.07) is 0. The zero-order chi connectivity index (χ0) is 0.